The number of carbonyl (C=O) groups excluding carboxylic acids is 1. The van der Waals surface area contributed by atoms with Crippen LogP contribution in [-0.2, 0) is 11.3 Å². The summed E-state index contributed by atoms with van der Waals surface area (Å²) in [5, 5.41) is 2.93. The Labute approximate surface area is 119 Å². The summed E-state index contributed by atoms with van der Waals surface area (Å²) < 4.78 is 10.7. The molecule has 20 heavy (non-hydrogen) atoms. The van der Waals surface area contributed by atoms with Crippen molar-refractivity contribution in [3.05, 3.63) is 23.8 Å². The summed E-state index contributed by atoms with van der Waals surface area (Å²) >= 11 is 0. The fourth-order valence-electron chi connectivity index (χ4n) is 2.34. The maximum atomic E-state index is 12.1. The van der Waals surface area contributed by atoms with Gasteiger partial charge >= 0.3 is 0 Å². The molecular weight excluding hydrogens is 256 g/mol. The van der Waals surface area contributed by atoms with Crippen molar-refractivity contribution < 1.29 is 14.3 Å². The summed E-state index contributed by atoms with van der Waals surface area (Å²) in [6.07, 6.45) is 0.800. The van der Waals surface area contributed by atoms with Gasteiger partial charge in [0, 0.05) is 18.7 Å². The van der Waals surface area contributed by atoms with Crippen molar-refractivity contribution in [1.82, 2.24) is 5.32 Å². The van der Waals surface area contributed by atoms with Crippen LogP contribution >= 0.6 is 0 Å². The molecule has 1 atom stereocenters. The van der Waals surface area contributed by atoms with Crippen LogP contribution in [0.3, 0.4) is 0 Å². The Morgan fingerprint density at radius 1 is 1.40 bits per heavy atom. The highest BCUT2D eigenvalue weighted by Crippen LogP contribution is 2.35. The first-order valence-electron chi connectivity index (χ1n) is 6.97. The van der Waals surface area contributed by atoms with E-state index in [-0.39, 0.29) is 18.6 Å². The lowest BCUT2D eigenvalue weighted by Gasteiger charge is -2.17. The SMILES string of the molecule is CC(C)CC(CN)C(=O)NCc1cccc2c1OCO2. The topological polar surface area (TPSA) is 73.6 Å². The zero-order valence-corrected chi connectivity index (χ0v) is 12.0. The van der Waals surface area contributed by atoms with E-state index in [1.165, 1.54) is 0 Å². The molecule has 0 spiro atoms. The molecule has 0 radical (unpaired) electrons. The lowest BCUT2D eigenvalue weighted by Crippen LogP contribution is -2.35. The number of carbonyl (C=O) groups is 1. The van der Waals surface area contributed by atoms with Crippen molar-refractivity contribution >= 4 is 5.91 Å². The van der Waals surface area contributed by atoms with Gasteiger partial charge in [0.15, 0.2) is 11.5 Å². The third-order valence-electron chi connectivity index (χ3n) is 3.34. The van der Waals surface area contributed by atoms with E-state index in [1.807, 2.05) is 18.2 Å². The quantitative estimate of drug-likeness (QED) is 0.830. The molecule has 1 aliphatic rings. The second kappa shape index (κ2) is 6.61. The van der Waals surface area contributed by atoms with Gasteiger partial charge in [-0.1, -0.05) is 26.0 Å². The number of nitrogens with two attached hydrogens (primary N) is 1. The van der Waals surface area contributed by atoms with E-state index < -0.39 is 0 Å². The predicted octanol–water partition coefficient (Wildman–Crippen LogP) is 1.65. The predicted molar refractivity (Wildman–Crippen MR) is 76.4 cm³/mol. The van der Waals surface area contributed by atoms with Gasteiger partial charge in [0.25, 0.3) is 0 Å². The van der Waals surface area contributed by atoms with Crippen molar-refractivity contribution in [2.75, 3.05) is 13.3 Å². The lowest BCUT2D eigenvalue weighted by atomic mass is 9.96. The number of hydrogen-bond acceptors (Lipinski definition) is 4. The van der Waals surface area contributed by atoms with E-state index in [0.717, 1.165) is 23.5 Å². The third-order valence-corrected chi connectivity index (χ3v) is 3.34. The fourth-order valence-corrected chi connectivity index (χ4v) is 2.34. The van der Waals surface area contributed by atoms with Crippen molar-refractivity contribution in [2.45, 2.75) is 26.8 Å². The van der Waals surface area contributed by atoms with Crippen LogP contribution in [0.2, 0.25) is 0 Å². The zero-order chi connectivity index (χ0) is 14.5. The van der Waals surface area contributed by atoms with Crippen LogP contribution in [0.5, 0.6) is 11.5 Å². The Morgan fingerprint density at radius 3 is 2.90 bits per heavy atom. The number of fused-ring (bicyclic) bond motifs is 1. The van der Waals surface area contributed by atoms with Crippen LogP contribution in [0.15, 0.2) is 18.2 Å². The van der Waals surface area contributed by atoms with Gasteiger partial charge in [-0.3, -0.25) is 4.79 Å². The van der Waals surface area contributed by atoms with E-state index in [9.17, 15) is 4.79 Å². The second-order valence-electron chi connectivity index (χ2n) is 5.43. The first-order chi connectivity index (χ1) is 9.61. The average molecular weight is 278 g/mol. The summed E-state index contributed by atoms with van der Waals surface area (Å²) in [5.74, 6) is 1.77. The molecule has 1 aliphatic heterocycles. The number of rotatable bonds is 6. The third kappa shape index (κ3) is 3.42. The molecule has 0 aromatic heterocycles. The Hall–Kier alpha value is -1.75. The summed E-state index contributed by atoms with van der Waals surface area (Å²) in [6.45, 7) is 5.21. The van der Waals surface area contributed by atoms with E-state index in [0.29, 0.717) is 19.0 Å². The molecule has 5 heteroatoms. The van der Waals surface area contributed by atoms with Gasteiger partial charge in [0.05, 0.1) is 5.92 Å². The van der Waals surface area contributed by atoms with E-state index in [4.69, 9.17) is 15.2 Å². The standard InChI is InChI=1S/C15H22N2O3/c1-10(2)6-12(7-16)15(18)17-8-11-4-3-5-13-14(11)20-9-19-13/h3-5,10,12H,6-9,16H2,1-2H3,(H,17,18). The highest BCUT2D eigenvalue weighted by Gasteiger charge is 2.20. The van der Waals surface area contributed by atoms with Gasteiger partial charge in [0.1, 0.15) is 0 Å². The van der Waals surface area contributed by atoms with Crippen LogP contribution in [0, 0.1) is 11.8 Å². The van der Waals surface area contributed by atoms with Crippen molar-refractivity contribution in [3.8, 4) is 11.5 Å². The molecule has 1 heterocycles. The normalized spacial score (nSPS) is 14.4. The molecule has 1 aromatic rings. The molecule has 0 fully saturated rings. The largest absolute Gasteiger partial charge is 0.454 e. The van der Waals surface area contributed by atoms with Gasteiger partial charge in [-0.25, -0.2) is 0 Å². The molecule has 110 valence electrons. The van der Waals surface area contributed by atoms with Crippen LogP contribution in [-0.4, -0.2) is 19.2 Å². The van der Waals surface area contributed by atoms with Gasteiger partial charge in [-0.2, -0.15) is 0 Å². The smallest absolute Gasteiger partial charge is 0.231 e. The Balaban J connectivity index is 1.95. The lowest BCUT2D eigenvalue weighted by molar-refractivity contribution is -0.125. The first-order valence-corrected chi connectivity index (χ1v) is 6.97. The van der Waals surface area contributed by atoms with Gasteiger partial charge < -0.3 is 20.5 Å². The van der Waals surface area contributed by atoms with Crippen LogP contribution in [0.1, 0.15) is 25.8 Å². The summed E-state index contributed by atoms with van der Waals surface area (Å²) in [6, 6.07) is 5.67. The fraction of sp³-hybridized carbons (Fsp3) is 0.533. The number of ether oxygens (including phenoxy) is 2. The highest BCUT2D eigenvalue weighted by molar-refractivity contribution is 5.79. The van der Waals surface area contributed by atoms with E-state index in [1.54, 1.807) is 0 Å². The van der Waals surface area contributed by atoms with Gasteiger partial charge in [-0.15, -0.1) is 0 Å². The summed E-state index contributed by atoms with van der Waals surface area (Å²) in [5.41, 5.74) is 6.60. The number of hydrogen-bond donors (Lipinski definition) is 2. The monoisotopic (exact) mass is 278 g/mol. The van der Waals surface area contributed by atoms with Crippen LogP contribution in [0.25, 0.3) is 0 Å². The molecule has 1 aromatic carbocycles. The number of benzene rings is 1. The maximum absolute atomic E-state index is 12.1. The van der Waals surface area contributed by atoms with Crippen molar-refractivity contribution in [2.24, 2.45) is 17.6 Å². The van der Waals surface area contributed by atoms with Crippen molar-refractivity contribution in [1.29, 1.82) is 0 Å². The summed E-state index contributed by atoms with van der Waals surface area (Å²) in [7, 11) is 0. The zero-order valence-electron chi connectivity index (χ0n) is 12.0. The molecule has 0 saturated heterocycles. The van der Waals surface area contributed by atoms with Crippen LogP contribution < -0.4 is 20.5 Å². The molecular formula is C15H22N2O3. The molecule has 0 aliphatic carbocycles. The molecule has 3 N–H and O–H groups in total. The average Bonchev–Trinajstić information content (AvgIpc) is 2.90. The number of amides is 1. The molecule has 1 unspecified atom stereocenters. The van der Waals surface area contributed by atoms with E-state index in [2.05, 4.69) is 19.2 Å². The minimum absolute atomic E-state index is 0.00211. The molecule has 2 rings (SSSR count). The molecule has 1 amide bonds. The van der Waals surface area contributed by atoms with E-state index >= 15 is 0 Å². The van der Waals surface area contributed by atoms with Gasteiger partial charge in [0.2, 0.25) is 12.7 Å². The van der Waals surface area contributed by atoms with Gasteiger partial charge in [-0.05, 0) is 18.4 Å². The molecule has 5 nitrogen and oxygen atoms in total. The minimum Gasteiger partial charge on any atom is -0.454 e. The first kappa shape index (κ1) is 14.7. The minimum atomic E-state index is -0.135. The second-order valence-corrected chi connectivity index (χ2v) is 5.43. The Kier molecular flexibility index (Phi) is 4.84. The summed E-state index contributed by atoms with van der Waals surface area (Å²) in [4.78, 5) is 12.1. The molecule has 0 bridgehead atoms. The highest BCUT2D eigenvalue weighted by atomic mass is 16.7. The van der Waals surface area contributed by atoms with Crippen LogP contribution in [0.4, 0.5) is 0 Å². The maximum Gasteiger partial charge on any atom is 0.231 e. The number of para-hydroxylation sites is 1. The molecule has 0 saturated carbocycles. The Bertz CT molecular complexity index is 474. The Morgan fingerprint density at radius 2 is 2.20 bits per heavy atom. The van der Waals surface area contributed by atoms with Crippen molar-refractivity contribution in [3.63, 3.8) is 0 Å². The number of nitrogens with one attached hydrogen (secondary N) is 1.